The SMILES string of the molecule is Cn1cc(N)cc1C(=O)NCC(O)CO. The van der Waals surface area contributed by atoms with Crippen molar-refractivity contribution in [1.29, 1.82) is 0 Å². The molecule has 1 heterocycles. The second-order valence-corrected chi connectivity index (χ2v) is 3.32. The van der Waals surface area contributed by atoms with Gasteiger partial charge in [0.15, 0.2) is 0 Å². The summed E-state index contributed by atoms with van der Waals surface area (Å²) in [5, 5.41) is 20.1. The van der Waals surface area contributed by atoms with Crippen LogP contribution in [-0.2, 0) is 7.05 Å². The van der Waals surface area contributed by atoms with Gasteiger partial charge in [0.25, 0.3) is 5.91 Å². The monoisotopic (exact) mass is 213 g/mol. The van der Waals surface area contributed by atoms with Gasteiger partial charge in [-0.2, -0.15) is 0 Å². The van der Waals surface area contributed by atoms with E-state index < -0.39 is 6.10 Å². The van der Waals surface area contributed by atoms with E-state index in [0.717, 1.165) is 0 Å². The zero-order chi connectivity index (χ0) is 11.4. The first-order valence-corrected chi connectivity index (χ1v) is 4.53. The van der Waals surface area contributed by atoms with Crippen LogP contribution in [0.5, 0.6) is 0 Å². The molecular formula is C9H15N3O3. The quantitative estimate of drug-likeness (QED) is 0.499. The molecule has 1 aromatic heterocycles. The van der Waals surface area contributed by atoms with E-state index in [0.29, 0.717) is 11.4 Å². The molecule has 0 aliphatic heterocycles. The van der Waals surface area contributed by atoms with E-state index in [1.165, 1.54) is 0 Å². The Kier molecular flexibility index (Phi) is 3.70. The fraction of sp³-hybridized carbons (Fsp3) is 0.444. The lowest BCUT2D eigenvalue weighted by molar-refractivity contribution is 0.0797. The van der Waals surface area contributed by atoms with Crippen LogP contribution in [0.1, 0.15) is 10.5 Å². The van der Waals surface area contributed by atoms with E-state index in [1.54, 1.807) is 23.9 Å². The molecule has 0 saturated heterocycles. The van der Waals surface area contributed by atoms with Gasteiger partial charge >= 0.3 is 0 Å². The molecule has 6 heteroatoms. The first kappa shape index (κ1) is 11.5. The van der Waals surface area contributed by atoms with Gasteiger partial charge in [0, 0.05) is 19.8 Å². The molecule has 1 amide bonds. The molecule has 1 aromatic rings. The molecule has 0 bridgehead atoms. The van der Waals surface area contributed by atoms with Crippen LogP contribution in [0, 0.1) is 0 Å². The number of aryl methyl sites for hydroxylation is 1. The van der Waals surface area contributed by atoms with Crippen molar-refractivity contribution < 1.29 is 15.0 Å². The first-order chi connectivity index (χ1) is 7.04. The Bertz CT molecular complexity index is 348. The highest BCUT2D eigenvalue weighted by molar-refractivity contribution is 5.93. The number of carbonyl (C=O) groups is 1. The number of aromatic nitrogens is 1. The van der Waals surface area contributed by atoms with E-state index in [2.05, 4.69) is 5.32 Å². The number of nitrogen functional groups attached to an aromatic ring is 1. The highest BCUT2D eigenvalue weighted by atomic mass is 16.3. The van der Waals surface area contributed by atoms with Crippen molar-refractivity contribution in [3.05, 3.63) is 18.0 Å². The number of hydrogen-bond donors (Lipinski definition) is 4. The fourth-order valence-electron chi connectivity index (χ4n) is 1.18. The summed E-state index contributed by atoms with van der Waals surface area (Å²) in [6.45, 7) is -0.365. The molecule has 1 rings (SSSR count). The van der Waals surface area contributed by atoms with Gasteiger partial charge in [0.1, 0.15) is 5.69 Å². The third-order valence-electron chi connectivity index (χ3n) is 1.97. The Balaban J connectivity index is 2.58. The van der Waals surface area contributed by atoms with Crippen molar-refractivity contribution in [2.24, 2.45) is 7.05 Å². The van der Waals surface area contributed by atoms with Crippen molar-refractivity contribution in [1.82, 2.24) is 9.88 Å². The van der Waals surface area contributed by atoms with Crippen molar-refractivity contribution in [2.75, 3.05) is 18.9 Å². The molecule has 0 fully saturated rings. The molecule has 1 unspecified atom stereocenters. The summed E-state index contributed by atoms with van der Waals surface area (Å²) in [4.78, 5) is 11.5. The van der Waals surface area contributed by atoms with E-state index in [-0.39, 0.29) is 19.1 Å². The van der Waals surface area contributed by atoms with Gasteiger partial charge in [-0.15, -0.1) is 0 Å². The molecule has 1 atom stereocenters. The number of nitrogens with two attached hydrogens (primary N) is 1. The second kappa shape index (κ2) is 4.81. The lowest BCUT2D eigenvalue weighted by atomic mass is 10.3. The van der Waals surface area contributed by atoms with Gasteiger partial charge in [-0.25, -0.2) is 0 Å². The zero-order valence-electron chi connectivity index (χ0n) is 8.47. The van der Waals surface area contributed by atoms with Crippen LogP contribution < -0.4 is 11.1 Å². The Labute approximate surface area is 87.3 Å². The van der Waals surface area contributed by atoms with Gasteiger partial charge in [0.2, 0.25) is 0 Å². The topological polar surface area (TPSA) is 101 Å². The van der Waals surface area contributed by atoms with Crippen LogP contribution >= 0.6 is 0 Å². The number of aliphatic hydroxyl groups excluding tert-OH is 2. The van der Waals surface area contributed by atoms with Crippen molar-refractivity contribution in [2.45, 2.75) is 6.10 Å². The van der Waals surface area contributed by atoms with E-state index in [4.69, 9.17) is 15.9 Å². The Morgan fingerprint density at radius 3 is 2.87 bits per heavy atom. The maximum Gasteiger partial charge on any atom is 0.268 e. The Morgan fingerprint density at radius 2 is 2.40 bits per heavy atom. The average Bonchev–Trinajstić information content (AvgIpc) is 2.53. The summed E-state index contributed by atoms with van der Waals surface area (Å²) in [5.74, 6) is -0.332. The third-order valence-corrected chi connectivity index (χ3v) is 1.97. The minimum atomic E-state index is -0.938. The van der Waals surface area contributed by atoms with Crippen LogP contribution in [0.4, 0.5) is 5.69 Å². The lowest BCUT2D eigenvalue weighted by Crippen LogP contribution is -2.34. The first-order valence-electron chi connectivity index (χ1n) is 4.53. The number of aliphatic hydroxyl groups is 2. The number of rotatable bonds is 4. The fourth-order valence-corrected chi connectivity index (χ4v) is 1.18. The van der Waals surface area contributed by atoms with Gasteiger partial charge in [-0.05, 0) is 6.07 Å². The Hall–Kier alpha value is -1.53. The molecular weight excluding hydrogens is 198 g/mol. The molecule has 5 N–H and O–H groups in total. The van der Waals surface area contributed by atoms with Crippen molar-refractivity contribution >= 4 is 11.6 Å². The summed E-state index contributed by atoms with van der Waals surface area (Å²) in [5.41, 5.74) is 6.43. The molecule has 15 heavy (non-hydrogen) atoms. The van der Waals surface area contributed by atoms with Crippen LogP contribution in [0.25, 0.3) is 0 Å². The van der Waals surface area contributed by atoms with E-state index in [1.807, 2.05) is 0 Å². The van der Waals surface area contributed by atoms with Gasteiger partial charge in [0.05, 0.1) is 18.4 Å². The maximum atomic E-state index is 11.5. The van der Waals surface area contributed by atoms with E-state index >= 15 is 0 Å². The molecule has 0 aliphatic carbocycles. The van der Waals surface area contributed by atoms with Crippen LogP contribution in [0.2, 0.25) is 0 Å². The zero-order valence-corrected chi connectivity index (χ0v) is 8.47. The van der Waals surface area contributed by atoms with E-state index in [9.17, 15) is 4.79 Å². The highest BCUT2D eigenvalue weighted by Gasteiger charge is 2.11. The average molecular weight is 213 g/mol. The number of amides is 1. The summed E-state index contributed by atoms with van der Waals surface area (Å²) in [6.07, 6.45) is 0.684. The molecule has 0 aliphatic rings. The number of carbonyl (C=O) groups excluding carboxylic acids is 1. The highest BCUT2D eigenvalue weighted by Crippen LogP contribution is 2.07. The largest absolute Gasteiger partial charge is 0.397 e. The van der Waals surface area contributed by atoms with Gasteiger partial charge < -0.3 is 25.8 Å². The molecule has 0 aromatic carbocycles. The minimum Gasteiger partial charge on any atom is -0.397 e. The van der Waals surface area contributed by atoms with Gasteiger partial charge in [-0.3, -0.25) is 4.79 Å². The predicted molar refractivity (Wildman–Crippen MR) is 55.3 cm³/mol. The molecule has 84 valence electrons. The summed E-state index contributed by atoms with van der Waals surface area (Å²) >= 11 is 0. The summed E-state index contributed by atoms with van der Waals surface area (Å²) in [6, 6.07) is 1.54. The smallest absolute Gasteiger partial charge is 0.268 e. The number of nitrogens with zero attached hydrogens (tertiary/aromatic N) is 1. The normalized spacial score (nSPS) is 12.5. The standard InChI is InChI=1S/C9H15N3O3/c1-12-4-6(10)2-8(12)9(15)11-3-7(14)5-13/h2,4,7,13-14H,3,5,10H2,1H3,(H,11,15). The van der Waals surface area contributed by atoms with Crippen LogP contribution in [0.3, 0.4) is 0 Å². The number of anilines is 1. The number of nitrogens with one attached hydrogen (secondary N) is 1. The maximum absolute atomic E-state index is 11.5. The van der Waals surface area contributed by atoms with Crippen LogP contribution in [0.15, 0.2) is 12.3 Å². The third kappa shape index (κ3) is 2.97. The number of hydrogen-bond acceptors (Lipinski definition) is 4. The summed E-state index contributed by atoms with van der Waals surface area (Å²) in [7, 11) is 1.70. The molecule has 0 spiro atoms. The predicted octanol–water partition coefficient (Wildman–Crippen LogP) is -1.31. The Morgan fingerprint density at radius 1 is 1.73 bits per heavy atom. The minimum absolute atomic E-state index is 0.0143. The van der Waals surface area contributed by atoms with Gasteiger partial charge in [-0.1, -0.05) is 0 Å². The molecule has 6 nitrogen and oxygen atoms in total. The second-order valence-electron chi connectivity index (χ2n) is 3.32. The molecule has 0 saturated carbocycles. The lowest BCUT2D eigenvalue weighted by Gasteiger charge is -2.09. The summed E-state index contributed by atoms with van der Waals surface area (Å²) < 4.78 is 1.59. The van der Waals surface area contributed by atoms with Crippen molar-refractivity contribution in [3.8, 4) is 0 Å². The van der Waals surface area contributed by atoms with Crippen molar-refractivity contribution in [3.63, 3.8) is 0 Å². The molecule has 0 radical (unpaired) electrons. The van der Waals surface area contributed by atoms with Crippen LogP contribution in [-0.4, -0.2) is 39.9 Å².